The van der Waals surface area contributed by atoms with Crippen molar-refractivity contribution in [3.63, 3.8) is 0 Å². The Bertz CT molecular complexity index is 805. The molecule has 0 spiro atoms. The van der Waals surface area contributed by atoms with Gasteiger partial charge in [0.2, 0.25) is 0 Å². The molecule has 9 heteroatoms. The second kappa shape index (κ2) is 5.92. The Balaban J connectivity index is 1.37. The number of thiazole rings is 1. The Morgan fingerprint density at radius 3 is 3.04 bits per heavy atom. The summed E-state index contributed by atoms with van der Waals surface area (Å²) in [6.45, 7) is 0.917. The third kappa shape index (κ3) is 3.14. The van der Waals surface area contributed by atoms with Crippen molar-refractivity contribution in [2.75, 3.05) is 10.6 Å². The van der Waals surface area contributed by atoms with Gasteiger partial charge in [0.1, 0.15) is 16.7 Å². The van der Waals surface area contributed by atoms with Crippen LogP contribution >= 0.6 is 11.3 Å². The van der Waals surface area contributed by atoms with Crippen LogP contribution in [0.2, 0.25) is 0 Å². The minimum Gasteiger partial charge on any atom is -0.305 e. The van der Waals surface area contributed by atoms with Gasteiger partial charge in [-0.15, -0.1) is 0 Å². The normalized spacial score (nSPS) is 14.6. The highest BCUT2D eigenvalue weighted by Gasteiger charge is 2.18. The molecule has 3 aromatic rings. The van der Waals surface area contributed by atoms with Crippen LogP contribution in [0.3, 0.4) is 0 Å². The molecular formula is C14H15N7OS. The molecule has 1 fully saturated rings. The van der Waals surface area contributed by atoms with E-state index in [1.54, 1.807) is 12.4 Å². The molecular weight excluding hydrogens is 314 g/mol. The maximum absolute atomic E-state index is 12.0. The predicted molar refractivity (Wildman–Crippen MR) is 87.4 cm³/mol. The lowest BCUT2D eigenvalue weighted by atomic mass is 9.85. The Kier molecular flexibility index (Phi) is 3.62. The van der Waals surface area contributed by atoms with Crippen LogP contribution in [0.5, 0.6) is 0 Å². The minimum absolute atomic E-state index is 0.347. The highest BCUT2D eigenvalue weighted by molar-refractivity contribution is 7.21. The summed E-state index contributed by atoms with van der Waals surface area (Å²) in [4.78, 5) is 25.0. The number of hydrogen-bond acceptors (Lipinski definition) is 6. The number of aromatic nitrogens is 5. The standard InChI is InChI=1S/C14H15N7OS/c22-13(20-14-19-11-5-15-8-16-12(11)23-14)18-10-4-17-21(7-10)6-9-2-1-3-9/h4-5,7-9H,1-3,6H2,(H2,18,19,20,22). The van der Waals surface area contributed by atoms with E-state index in [9.17, 15) is 4.79 Å². The summed E-state index contributed by atoms with van der Waals surface area (Å²) in [6, 6.07) is -0.347. The monoisotopic (exact) mass is 329 g/mol. The molecule has 8 nitrogen and oxygen atoms in total. The van der Waals surface area contributed by atoms with Crippen LogP contribution in [0.15, 0.2) is 24.9 Å². The SMILES string of the molecule is O=C(Nc1cnn(CC2CCC2)c1)Nc1nc2cncnc2s1. The molecule has 1 aliphatic rings. The fourth-order valence-corrected chi connectivity index (χ4v) is 3.24. The molecule has 1 aliphatic carbocycles. The van der Waals surface area contributed by atoms with E-state index in [4.69, 9.17) is 0 Å². The number of carbonyl (C=O) groups excluding carboxylic acids is 1. The topological polar surface area (TPSA) is 97.6 Å². The van der Waals surface area contributed by atoms with Gasteiger partial charge in [0.25, 0.3) is 0 Å². The smallest absolute Gasteiger partial charge is 0.305 e. The van der Waals surface area contributed by atoms with Gasteiger partial charge in [-0.1, -0.05) is 17.8 Å². The summed E-state index contributed by atoms with van der Waals surface area (Å²) in [5.74, 6) is 0.723. The van der Waals surface area contributed by atoms with E-state index in [1.807, 2.05) is 10.9 Å². The molecule has 0 saturated heterocycles. The first-order valence-corrected chi connectivity index (χ1v) is 8.25. The molecule has 3 aromatic heterocycles. The second-order valence-corrected chi connectivity index (χ2v) is 6.54. The third-order valence-corrected chi connectivity index (χ3v) is 4.75. The van der Waals surface area contributed by atoms with Crippen molar-refractivity contribution in [1.29, 1.82) is 0 Å². The van der Waals surface area contributed by atoms with Gasteiger partial charge in [0, 0.05) is 12.7 Å². The van der Waals surface area contributed by atoms with Crippen LogP contribution in [0.1, 0.15) is 19.3 Å². The second-order valence-electron chi connectivity index (χ2n) is 5.56. The number of nitrogens with zero attached hydrogens (tertiary/aromatic N) is 5. The van der Waals surface area contributed by atoms with Gasteiger partial charge in [0.05, 0.1) is 18.1 Å². The number of fused-ring (bicyclic) bond motifs is 1. The molecule has 1 saturated carbocycles. The van der Waals surface area contributed by atoms with Crippen LogP contribution in [-0.2, 0) is 6.54 Å². The van der Waals surface area contributed by atoms with Crippen molar-refractivity contribution in [1.82, 2.24) is 24.7 Å². The van der Waals surface area contributed by atoms with Crippen LogP contribution in [0, 0.1) is 5.92 Å². The average molecular weight is 329 g/mol. The maximum atomic E-state index is 12.0. The van der Waals surface area contributed by atoms with Crippen LogP contribution in [-0.4, -0.2) is 30.8 Å². The molecule has 0 unspecified atom stereocenters. The fourth-order valence-electron chi connectivity index (χ4n) is 2.47. The summed E-state index contributed by atoms with van der Waals surface area (Å²) < 4.78 is 1.88. The third-order valence-electron chi connectivity index (χ3n) is 3.85. The largest absolute Gasteiger partial charge is 0.325 e. The van der Waals surface area contributed by atoms with E-state index >= 15 is 0 Å². The van der Waals surface area contributed by atoms with Gasteiger partial charge in [-0.25, -0.2) is 19.7 Å². The molecule has 0 atom stereocenters. The number of nitrogens with one attached hydrogen (secondary N) is 2. The Morgan fingerprint density at radius 2 is 2.26 bits per heavy atom. The molecule has 23 heavy (non-hydrogen) atoms. The van der Waals surface area contributed by atoms with Crippen LogP contribution in [0.4, 0.5) is 15.6 Å². The van der Waals surface area contributed by atoms with E-state index in [2.05, 4.69) is 30.7 Å². The summed E-state index contributed by atoms with van der Waals surface area (Å²) in [5.41, 5.74) is 1.34. The van der Waals surface area contributed by atoms with E-state index in [-0.39, 0.29) is 6.03 Å². The van der Waals surface area contributed by atoms with Gasteiger partial charge in [-0.3, -0.25) is 10.00 Å². The fraction of sp³-hybridized carbons (Fsp3) is 0.357. The number of anilines is 2. The Morgan fingerprint density at radius 1 is 1.35 bits per heavy atom. The lowest BCUT2D eigenvalue weighted by Gasteiger charge is -2.24. The first-order chi connectivity index (χ1) is 11.3. The average Bonchev–Trinajstić information content (AvgIpc) is 3.08. The molecule has 2 N–H and O–H groups in total. The molecule has 118 valence electrons. The number of amides is 2. The zero-order valence-corrected chi connectivity index (χ0v) is 13.1. The van der Waals surface area contributed by atoms with Gasteiger partial charge in [0.15, 0.2) is 5.13 Å². The van der Waals surface area contributed by atoms with Crippen LogP contribution in [0.25, 0.3) is 10.3 Å². The number of urea groups is 1. The minimum atomic E-state index is -0.347. The first kappa shape index (κ1) is 14.1. The predicted octanol–water partition coefficient (Wildman–Crippen LogP) is 2.73. The van der Waals surface area contributed by atoms with Gasteiger partial charge < -0.3 is 5.32 Å². The lowest BCUT2D eigenvalue weighted by Crippen LogP contribution is -2.19. The van der Waals surface area contributed by atoms with Gasteiger partial charge in [-0.05, 0) is 18.8 Å². The number of rotatable bonds is 4. The lowest BCUT2D eigenvalue weighted by molar-refractivity contribution is 0.262. The zero-order chi connectivity index (χ0) is 15.6. The van der Waals surface area contributed by atoms with Gasteiger partial charge >= 0.3 is 6.03 Å². The first-order valence-electron chi connectivity index (χ1n) is 7.43. The van der Waals surface area contributed by atoms with Crippen LogP contribution < -0.4 is 10.6 Å². The van der Waals surface area contributed by atoms with Crippen molar-refractivity contribution >= 4 is 38.5 Å². The highest BCUT2D eigenvalue weighted by Crippen LogP contribution is 2.28. The maximum Gasteiger partial charge on any atom is 0.325 e. The summed E-state index contributed by atoms with van der Waals surface area (Å²) >= 11 is 1.31. The van der Waals surface area contributed by atoms with Gasteiger partial charge in [-0.2, -0.15) is 5.10 Å². The molecule has 2 amide bonds. The van der Waals surface area contributed by atoms with Crippen molar-refractivity contribution in [2.24, 2.45) is 5.92 Å². The van der Waals surface area contributed by atoms with E-state index < -0.39 is 0 Å². The quantitative estimate of drug-likeness (QED) is 0.767. The summed E-state index contributed by atoms with van der Waals surface area (Å²) in [5, 5.41) is 10.2. The van der Waals surface area contributed by atoms with Crippen molar-refractivity contribution in [3.8, 4) is 0 Å². The molecule has 0 aliphatic heterocycles. The van der Waals surface area contributed by atoms with E-state index in [0.717, 1.165) is 17.3 Å². The van der Waals surface area contributed by atoms with Crippen molar-refractivity contribution in [2.45, 2.75) is 25.8 Å². The summed E-state index contributed by atoms with van der Waals surface area (Å²) in [7, 11) is 0. The molecule has 0 aromatic carbocycles. The molecule has 4 rings (SSSR count). The molecule has 3 heterocycles. The number of hydrogen-bond donors (Lipinski definition) is 2. The molecule has 0 radical (unpaired) electrons. The molecule has 0 bridgehead atoms. The Labute approximate surface area is 136 Å². The number of carbonyl (C=O) groups is 1. The summed E-state index contributed by atoms with van der Waals surface area (Å²) in [6.07, 6.45) is 10.4. The Hall–Kier alpha value is -2.55. The van der Waals surface area contributed by atoms with Crippen molar-refractivity contribution in [3.05, 3.63) is 24.9 Å². The zero-order valence-electron chi connectivity index (χ0n) is 12.3. The van der Waals surface area contributed by atoms with E-state index in [1.165, 1.54) is 36.9 Å². The highest BCUT2D eigenvalue weighted by atomic mass is 32.1. The van der Waals surface area contributed by atoms with E-state index in [0.29, 0.717) is 16.3 Å². The van der Waals surface area contributed by atoms with Crippen molar-refractivity contribution < 1.29 is 4.79 Å².